The van der Waals surface area contributed by atoms with Crippen LogP contribution in [-0.2, 0) is 29.0 Å². The van der Waals surface area contributed by atoms with E-state index in [-0.39, 0.29) is 18.2 Å². The largest absolute Gasteiger partial charge is 0.352 e. The van der Waals surface area contributed by atoms with Crippen LogP contribution in [0.4, 0.5) is 5.69 Å². The number of carbonyl (C=O) groups excluding carboxylic acids is 2. The van der Waals surface area contributed by atoms with E-state index in [4.69, 9.17) is 0 Å². The number of para-hydroxylation sites is 1. The van der Waals surface area contributed by atoms with E-state index in [1.807, 2.05) is 30.3 Å². The molecule has 1 aromatic heterocycles. The summed E-state index contributed by atoms with van der Waals surface area (Å²) in [6, 6.07) is 9.86. The molecule has 5 nitrogen and oxygen atoms in total. The van der Waals surface area contributed by atoms with Gasteiger partial charge in [0, 0.05) is 44.5 Å². The first-order chi connectivity index (χ1) is 12.6. The molecule has 0 fully saturated rings. The lowest BCUT2D eigenvalue weighted by atomic mass is 10.0. The number of amides is 2. The number of rotatable bonds is 8. The van der Waals surface area contributed by atoms with E-state index in [0.717, 1.165) is 35.2 Å². The number of pyridine rings is 1. The zero-order chi connectivity index (χ0) is 18.9. The molecule has 0 saturated heterocycles. The third-order valence-corrected chi connectivity index (χ3v) is 4.42. The van der Waals surface area contributed by atoms with Gasteiger partial charge in [-0.1, -0.05) is 32.0 Å². The minimum absolute atomic E-state index is 0.0393. The van der Waals surface area contributed by atoms with E-state index >= 15 is 0 Å². The zero-order valence-corrected chi connectivity index (χ0v) is 15.8. The Hall–Kier alpha value is -2.69. The summed E-state index contributed by atoms with van der Waals surface area (Å²) in [6.45, 7) is 6.56. The van der Waals surface area contributed by atoms with E-state index in [2.05, 4.69) is 24.1 Å². The van der Waals surface area contributed by atoms with Crippen LogP contribution in [-0.4, -0.2) is 23.3 Å². The van der Waals surface area contributed by atoms with Crippen molar-refractivity contribution in [1.29, 1.82) is 0 Å². The van der Waals surface area contributed by atoms with Crippen molar-refractivity contribution in [3.8, 4) is 0 Å². The van der Waals surface area contributed by atoms with Crippen molar-refractivity contribution in [2.45, 2.75) is 46.6 Å². The second-order valence-corrected chi connectivity index (χ2v) is 6.18. The summed E-state index contributed by atoms with van der Waals surface area (Å²) < 4.78 is 0. The summed E-state index contributed by atoms with van der Waals surface area (Å²) in [5.74, 6) is -0.109. The Morgan fingerprint density at radius 2 is 1.65 bits per heavy atom. The van der Waals surface area contributed by atoms with E-state index < -0.39 is 0 Å². The molecule has 0 aliphatic rings. The van der Waals surface area contributed by atoms with Gasteiger partial charge in [-0.3, -0.25) is 14.6 Å². The molecule has 2 aromatic rings. The normalized spacial score (nSPS) is 10.4. The van der Waals surface area contributed by atoms with Crippen LogP contribution in [0, 0.1) is 0 Å². The van der Waals surface area contributed by atoms with Crippen LogP contribution in [0.5, 0.6) is 0 Å². The average Bonchev–Trinajstić information content (AvgIpc) is 2.67. The summed E-state index contributed by atoms with van der Waals surface area (Å²) in [5, 5.41) is 2.90. The molecule has 26 heavy (non-hydrogen) atoms. The number of nitrogens with one attached hydrogen (secondary N) is 1. The van der Waals surface area contributed by atoms with Gasteiger partial charge >= 0.3 is 0 Å². The Morgan fingerprint density at radius 3 is 2.19 bits per heavy atom. The maximum Gasteiger partial charge on any atom is 0.223 e. The molecule has 0 unspecified atom stereocenters. The van der Waals surface area contributed by atoms with Crippen molar-refractivity contribution in [1.82, 2.24) is 10.3 Å². The number of aromatic nitrogens is 1. The van der Waals surface area contributed by atoms with Crippen LogP contribution in [0.15, 0.2) is 42.7 Å². The smallest absolute Gasteiger partial charge is 0.223 e. The lowest BCUT2D eigenvalue weighted by Crippen LogP contribution is -2.35. The molecular formula is C21H27N3O2. The number of benzene rings is 1. The summed E-state index contributed by atoms with van der Waals surface area (Å²) in [6.07, 6.45) is 5.37. The SMILES string of the molecule is CCc1cccc(CC)c1N(CCC(=O)NCc1ccncc1)C(C)=O. The van der Waals surface area contributed by atoms with Gasteiger partial charge in [0.1, 0.15) is 0 Å². The number of hydrogen-bond acceptors (Lipinski definition) is 3. The summed E-state index contributed by atoms with van der Waals surface area (Å²) in [7, 11) is 0. The van der Waals surface area contributed by atoms with Gasteiger partial charge in [0.05, 0.1) is 0 Å². The molecule has 0 aliphatic heterocycles. The molecule has 5 heteroatoms. The Bertz CT molecular complexity index is 722. The summed E-state index contributed by atoms with van der Waals surface area (Å²) in [4.78, 5) is 30.2. The Morgan fingerprint density at radius 1 is 1.04 bits per heavy atom. The molecule has 0 bridgehead atoms. The average molecular weight is 353 g/mol. The predicted octanol–water partition coefficient (Wildman–Crippen LogP) is 3.27. The molecule has 1 heterocycles. The molecule has 0 atom stereocenters. The standard InChI is InChI=1S/C21H27N3O2/c1-4-18-7-6-8-19(5-2)21(18)24(16(3)25)14-11-20(26)23-15-17-9-12-22-13-10-17/h6-10,12-13H,4-5,11,14-15H2,1-3H3,(H,23,26). The van der Waals surface area contributed by atoms with Crippen molar-refractivity contribution in [2.24, 2.45) is 0 Å². The quantitative estimate of drug-likeness (QED) is 0.792. The molecule has 1 N–H and O–H groups in total. The van der Waals surface area contributed by atoms with Crippen LogP contribution >= 0.6 is 0 Å². The van der Waals surface area contributed by atoms with Gasteiger partial charge in [0.15, 0.2) is 0 Å². The predicted molar refractivity (Wildman–Crippen MR) is 104 cm³/mol. The van der Waals surface area contributed by atoms with Gasteiger partial charge in [-0.25, -0.2) is 0 Å². The summed E-state index contributed by atoms with van der Waals surface area (Å²) >= 11 is 0. The Kier molecular flexibility index (Phi) is 7.33. The maximum atomic E-state index is 12.3. The third kappa shape index (κ3) is 5.15. The van der Waals surface area contributed by atoms with E-state index in [1.165, 1.54) is 0 Å². The lowest BCUT2D eigenvalue weighted by molar-refractivity contribution is -0.121. The third-order valence-electron chi connectivity index (χ3n) is 4.42. The van der Waals surface area contributed by atoms with Crippen molar-refractivity contribution in [2.75, 3.05) is 11.4 Å². The van der Waals surface area contributed by atoms with E-state index in [1.54, 1.807) is 24.2 Å². The molecule has 2 rings (SSSR count). The minimum atomic E-state index is -0.0694. The molecule has 0 aliphatic carbocycles. The van der Waals surface area contributed by atoms with Crippen molar-refractivity contribution < 1.29 is 9.59 Å². The van der Waals surface area contributed by atoms with Crippen LogP contribution in [0.2, 0.25) is 0 Å². The second kappa shape index (κ2) is 9.70. The topological polar surface area (TPSA) is 62.3 Å². The van der Waals surface area contributed by atoms with Gasteiger partial charge < -0.3 is 10.2 Å². The van der Waals surface area contributed by atoms with Gasteiger partial charge in [-0.2, -0.15) is 0 Å². The molecule has 0 radical (unpaired) electrons. The monoisotopic (exact) mass is 353 g/mol. The Balaban J connectivity index is 2.05. The van der Waals surface area contributed by atoms with Gasteiger partial charge in [0.25, 0.3) is 0 Å². The number of carbonyl (C=O) groups is 2. The number of hydrogen-bond donors (Lipinski definition) is 1. The molecule has 2 amide bonds. The van der Waals surface area contributed by atoms with Gasteiger partial charge in [-0.15, -0.1) is 0 Å². The van der Waals surface area contributed by atoms with Crippen LogP contribution in [0.25, 0.3) is 0 Å². The number of aryl methyl sites for hydroxylation is 2. The highest BCUT2D eigenvalue weighted by Gasteiger charge is 2.19. The molecular weight excluding hydrogens is 326 g/mol. The summed E-state index contributed by atoms with van der Waals surface area (Å²) in [5.41, 5.74) is 4.24. The molecule has 0 saturated carbocycles. The number of anilines is 1. The molecule has 1 aromatic carbocycles. The first kappa shape index (κ1) is 19.6. The first-order valence-electron chi connectivity index (χ1n) is 9.11. The maximum absolute atomic E-state index is 12.3. The molecule has 0 spiro atoms. The second-order valence-electron chi connectivity index (χ2n) is 6.18. The highest BCUT2D eigenvalue weighted by molar-refractivity contribution is 5.94. The first-order valence-corrected chi connectivity index (χ1v) is 9.11. The number of nitrogens with zero attached hydrogens (tertiary/aromatic N) is 2. The van der Waals surface area contributed by atoms with Gasteiger partial charge in [-0.05, 0) is 41.7 Å². The van der Waals surface area contributed by atoms with Crippen molar-refractivity contribution >= 4 is 17.5 Å². The van der Waals surface area contributed by atoms with Crippen molar-refractivity contribution in [3.05, 3.63) is 59.4 Å². The van der Waals surface area contributed by atoms with Crippen LogP contribution < -0.4 is 10.2 Å². The van der Waals surface area contributed by atoms with Crippen LogP contribution in [0.3, 0.4) is 0 Å². The van der Waals surface area contributed by atoms with E-state index in [9.17, 15) is 9.59 Å². The van der Waals surface area contributed by atoms with E-state index in [0.29, 0.717) is 13.1 Å². The Labute approximate surface area is 155 Å². The molecule has 138 valence electrons. The fourth-order valence-electron chi connectivity index (χ4n) is 2.99. The minimum Gasteiger partial charge on any atom is -0.352 e. The fraction of sp³-hybridized carbons (Fsp3) is 0.381. The highest BCUT2D eigenvalue weighted by Crippen LogP contribution is 2.27. The highest BCUT2D eigenvalue weighted by atomic mass is 16.2. The fourth-order valence-corrected chi connectivity index (χ4v) is 2.99. The van der Waals surface area contributed by atoms with Gasteiger partial charge in [0.2, 0.25) is 11.8 Å². The lowest BCUT2D eigenvalue weighted by Gasteiger charge is -2.26. The van der Waals surface area contributed by atoms with Crippen molar-refractivity contribution in [3.63, 3.8) is 0 Å². The van der Waals surface area contributed by atoms with Crippen LogP contribution in [0.1, 0.15) is 43.9 Å². The zero-order valence-electron chi connectivity index (χ0n) is 15.8.